The summed E-state index contributed by atoms with van der Waals surface area (Å²) in [4.78, 5) is 2.57. The third-order valence-electron chi connectivity index (χ3n) is 4.61. The summed E-state index contributed by atoms with van der Waals surface area (Å²) in [6.45, 7) is 5.16. The monoisotopic (exact) mass is 260 g/mol. The number of nitrogens with zero attached hydrogens (tertiary/aromatic N) is 1. The maximum Gasteiger partial charge on any atom is 0.0599 e. The molecule has 3 rings (SSSR count). The number of hydrogen-bond donors (Lipinski definition) is 1. The Morgan fingerprint density at radius 2 is 2.00 bits per heavy atom. The molecular formula is C16H24N2O. The Morgan fingerprint density at radius 1 is 1.26 bits per heavy atom. The second kappa shape index (κ2) is 5.61. The van der Waals surface area contributed by atoms with Crippen molar-refractivity contribution in [3.8, 4) is 0 Å². The predicted octanol–water partition coefficient (Wildman–Crippen LogP) is 2.11. The van der Waals surface area contributed by atoms with Crippen molar-refractivity contribution in [2.75, 3.05) is 19.7 Å². The highest BCUT2D eigenvalue weighted by Gasteiger charge is 2.35. The van der Waals surface area contributed by atoms with E-state index in [0.29, 0.717) is 12.1 Å². The lowest BCUT2D eigenvalue weighted by atomic mass is 10.0. The van der Waals surface area contributed by atoms with Crippen LogP contribution in [0.5, 0.6) is 0 Å². The minimum Gasteiger partial charge on any atom is -0.378 e. The van der Waals surface area contributed by atoms with Crippen molar-refractivity contribution in [1.29, 1.82) is 0 Å². The lowest BCUT2D eigenvalue weighted by molar-refractivity contribution is 0.00230. The molecule has 19 heavy (non-hydrogen) atoms. The highest BCUT2D eigenvalue weighted by atomic mass is 16.5. The van der Waals surface area contributed by atoms with Crippen LogP contribution in [0.3, 0.4) is 0 Å². The molecule has 1 aromatic rings. The van der Waals surface area contributed by atoms with Crippen LogP contribution < -0.4 is 5.73 Å². The van der Waals surface area contributed by atoms with Gasteiger partial charge >= 0.3 is 0 Å². The summed E-state index contributed by atoms with van der Waals surface area (Å²) in [6.07, 6.45) is 3.86. The summed E-state index contributed by atoms with van der Waals surface area (Å²) in [5, 5.41) is 0. The van der Waals surface area contributed by atoms with Crippen molar-refractivity contribution in [2.24, 2.45) is 5.73 Å². The quantitative estimate of drug-likeness (QED) is 0.904. The Kier molecular flexibility index (Phi) is 3.87. The average molecular weight is 260 g/mol. The number of ether oxygens (including phenoxy) is 1. The fraction of sp³-hybridized carbons (Fsp3) is 0.625. The van der Waals surface area contributed by atoms with E-state index in [2.05, 4.69) is 36.1 Å². The van der Waals surface area contributed by atoms with E-state index in [-0.39, 0.29) is 6.04 Å². The molecule has 0 aromatic heterocycles. The van der Waals surface area contributed by atoms with E-state index in [1.807, 2.05) is 0 Å². The van der Waals surface area contributed by atoms with Gasteiger partial charge in [0.1, 0.15) is 0 Å². The van der Waals surface area contributed by atoms with Crippen molar-refractivity contribution in [3.63, 3.8) is 0 Å². The number of hydrogen-bond acceptors (Lipinski definition) is 3. The molecule has 2 unspecified atom stereocenters. The minimum atomic E-state index is 0.180. The molecule has 1 saturated heterocycles. The zero-order valence-corrected chi connectivity index (χ0v) is 11.7. The molecule has 3 nitrogen and oxygen atoms in total. The van der Waals surface area contributed by atoms with Gasteiger partial charge in [0.2, 0.25) is 0 Å². The molecule has 1 aliphatic heterocycles. The normalized spacial score (nSPS) is 28.5. The van der Waals surface area contributed by atoms with Crippen molar-refractivity contribution in [3.05, 3.63) is 35.4 Å². The average Bonchev–Trinajstić information content (AvgIpc) is 2.78. The van der Waals surface area contributed by atoms with Gasteiger partial charge in [0.15, 0.2) is 0 Å². The Morgan fingerprint density at radius 3 is 2.68 bits per heavy atom. The van der Waals surface area contributed by atoms with Gasteiger partial charge in [0.25, 0.3) is 0 Å². The number of benzene rings is 1. The first-order valence-corrected chi connectivity index (χ1v) is 7.48. The Bertz CT molecular complexity index is 427. The highest BCUT2D eigenvalue weighted by Crippen LogP contribution is 2.34. The maximum absolute atomic E-state index is 6.44. The largest absolute Gasteiger partial charge is 0.378 e. The van der Waals surface area contributed by atoms with E-state index in [9.17, 15) is 0 Å². The molecule has 0 bridgehead atoms. The van der Waals surface area contributed by atoms with E-state index in [0.717, 1.165) is 39.0 Å². The van der Waals surface area contributed by atoms with Crippen LogP contribution in [0, 0.1) is 0 Å². The van der Waals surface area contributed by atoms with Crippen molar-refractivity contribution in [1.82, 2.24) is 4.90 Å². The Labute approximate surface area is 115 Å². The lowest BCUT2D eigenvalue weighted by Crippen LogP contribution is -2.46. The van der Waals surface area contributed by atoms with Crippen LogP contribution in [0.25, 0.3) is 0 Å². The molecule has 2 aliphatic rings. The summed E-state index contributed by atoms with van der Waals surface area (Å²) < 4.78 is 5.72. The van der Waals surface area contributed by atoms with E-state index < -0.39 is 0 Å². The topological polar surface area (TPSA) is 38.5 Å². The smallest absolute Gasteiger partial charge is 0.0599 e. The lowest BCUT2D eigenvalue weighted by Gasteiger charge is -2.37. The van der Waals surface area contributed by atoms with Crippen LogP contribution in [-0.2, 0) is 11.2 Å². The SMILES string of the molecule is CCOC1CCN(C2Cc3ccccc3C2N)CC1. The number of fused-ring (bicyclic) bond motifs is 1. The first-order chi connectivity index (χ1) is 9.29. The zero-order chi connectivity index (χ0) is 13.2. The Hall–Kier alpha value is -0.900. The van der Waals surface area contributed by atoms with Gasteiger partial charge < -0.3 is 10.5 Å². The Balaban J connectivity index is 1.63. The first kappa shape index (κ1) is 13.1. The van der Waals surface area contributed by atoms with Crippen molar-refractivity contribution in [2.45, 2.75) is 44.4 Å². The molecule has 0 radical (unpaired) electrons. The van der Waals surface area contributed by atoms with Gasteiger partial charge in [-0.15, -0.1) is 0 Å². The van der Waals surface area contributed by atoms with E-state index in [1.54, 1.807) is 0 Å². The summed E-state index contributed by atoms with van der Waals surface area (Å²) in [5.74, 6) is 0. The van der Waals surface area contributed by atoms with Gasteiger partial charge in [-0.1, -0.05) is 24.3 Å². The molecule has 1 fully saturated rings. The molecule has 0 amide bonds. The second-order valence-corrected chi connectivity index (χ2v) is 5.69. The number of rotatable bonds is 3. The maximum atomic E-state index is 6.44. The molecule has 1 aliphatic carbocycles. The van der Waals surface area contributed by atoms with Crippen LogP contribution in [0.1, 0.15) is 36.9 Å². The summed E-state index contributed by atoms with van der Waals surface area (Å²) >= 11 is 0. The molecule has 1 heterocycles. The van der Waals surface area contributed by atoms with Gasteiger partial charge in [0, 0.05) is 31.8 Å². The van der Waals surface area contributed by atoms with Gasteiger partial charge in [0.05, 0.1) is 6.10 Å². The van der Waals surface area contributed by atoms with E-state index in [1.165, 1.54) is 11.1 Å². The molecular weight excluding hydrogens is 236 g/mol. The van der Waals surface area contributed by atoms with Crippen LogP contribution in [0.15, 0.2) is 24.3 Å². The highest BCUT2D eigenvalue weighted by molar-refractivity contribution is 5.36. The second-order valence-electron chi connectivity index (χ2n) is 5.69. The molecule has 2 N–H and O–H groups in total. The third-order valence-corrected chi connectivity index (χ3v) is 4.61. The van der Waals surface area contributed by atoms with Gasteiger partial charge in [-0.05, 0) is 37.3 Å². The van der Waals surface area contributed by atoms with E-state index >= 15 is 0 Å². The zero-order valence-electron chi connectivity index (χ0n) is 11.7. The molecule has 2 atom stereocenters. The summed E-state index contributed by atoms with van der Waals surface area (Å²) in [6, 6.07) is 9.30. The fourth-order valence-corrected chi connectivity index (χ4v) is 3.57. The number of likely N-dealkylation sites (tertiary alicyclic amines) is 1. The van der Waals surface area contributed by atoms with Crippen LogP contribution in [0.4, 0.5) is 0 Å². The van der Waals surface area contributed by atoms with Crippen molar-refractivity contribution < 1.29 is 4.74 Å². The third kappa shape index (κ3) is 2.55. The molecule has 3 heteroatoms. The molecule has 1 aromatic carbocycles. The van der Waals surface area contributed by atoms with Gasteiger partial charge in [-0.2, -0.15) is 0 Å². The van der Waals surface area contributed by atoms with Crippen molar-refractivity contribution >= 4 is 0 Å². The number of nitrogens with two attached hydrogens (primary N) is 1. The van der Waals surface area contributed by atoms with Crippen LogP contribution in [0.2, 0.25) is 0 Å². The predicted molar refractivity (Wildman–Crippen MR) is 77.1 cm³/mol. The summed E-state index contributed by atoms with van der Waals surface area (Å²) in [5.41, 5.74) is 9.23. The first-order valence-electron chi connectivity index (χ1n) is 7.48. The fourth-order valence-electron chi connectivity index (χ4n) is 3.57. The minimum absolute atomic E-state index is 0.180. The van der Waals surface area contributed by atoms with Crippen LogP contribution in [-0.4, -0.2) is 36.7 Å². The summed E-state index contributed by atoms with van der Waals surface area (Å²) in [7, 11) is 0. The molecule has 104 valence electrons. The standard InChI is InChI=1S/C16H24N2O/c1-2-19-13-7-9-18(10-8-13)15-11-12-5-3-4-6-14(12)16(15)17/h3-6,13,15-16H,2,7-11,17H2,1H3. The number of piperidine rings is 1. The van der Waals surface area contributed by atoms with Gasteiger partial charge in [-0.25, -0.2) is 0 Å². The van der Waals surface area contributed by atoms with E-state index in [4.69, 9.17) is 10.5 Å². The molecule has 0 saturated carbocycles. The van der Waals surface area contributed by atoms with Crippen LogP contribution >= 0.6 is 0 Å². The molecule has 0 spiro atoms. The van der Waals surface area contributed by atoms with Gasteiger partial charge in [-0.3, -0.25) is 4.90 Å².